The van der Waals surface area contributed by atoms with Gasteiger partial charge in [-0.25, -0.2) is 4.79 Å². The zero-order valence-electron chi connectivity index (χ0n) is 6.59. The molecule has 0 aromatic carbocycles. The number of nitrogens with one attached hydrogen (secondary N) is 1. The summed E-state index contributed by atoms with van der Waals surface area (Å²) in [6.45, 7) is 3.81. The van der Waals surface area contributed by atoms with E-state index < -0.39 is 6.04 Å². The molecule has 1 amide bonds. The highest BCUT2D eigenvalue weighted by molar-refractivity contribution is 5.96. The molecule has 1 fully saturated rings. The van der Waals surface area contributed by atoms with E-state index in [1.807, 2.05) is 0 Å². The van der Waals surface area contributed by atoms with E-state index in [-0.39, 0.29) is 17.8 Å². The minimum Gasteiger partial charge on any atom is -0.464 e. The van der Waals surface area contributed by atoms with E-state index in [0.29, 0.717) is 6.61 Å². The molecule has 1 saturated heterocycles. The summed E-state index contributed by atoms with van der Waals surface area (Å²) in [7, 11) is 0. The van der Waals surface area contributed by atoms with Crippen molar-refractivity contribution in [3.8, 4) is 0 Å². The second kappa shape index (κ2) is 2.90. The highest BCUT2D eigenvalue weighted by Crippen LogP contribution is 2.14. The van der Waals surface area contributed by atoms with E-state index in [0.717, 1.165) is 0 Å². The molecule has 2 unspecified atom stereocenters. The van der Waals surface area contributed by atoms with Gasteiger partial charge in [0, 0.05) is 0 Å². The third kappa shape index (κ3) is 1.34. The second-order valence-corrected chi connectivity index (χ2v) is 2.53. The Morgan fingerprint density at radius 2 is 2.36 bits per heavy atom. The maximum absolute atomic E-state index is 10.9. The van der Waals surface area contributed by atoms with Gasteiger partial charge in [0.25, 0.3) is 0 Å². The molecule has 1 aliphatic heterocycles. The molecule has 2 atom stereocenters. The van der Waals surface area contributed by atoms with Crippen LogP contribution in [0.25, 0.3) is 0 Å². The first kappa shape index (κ1) is 8.04. The lowest BCUT2D eigenvalue weighted by Crippen LogP contribution is -2.61. The molecule has 4 nitrogen and oxygen atoms in total. The second-order valence-electron chi connectivity index (χ2n) is 2.53. The maximum Gasteiger partial charge on any atom is 0.329 e. The van der Waals surface area contributed by atoms with Crippen molar-refractivity contribution < 1.29 is 14.3 Å². The van der Waals surface area contributed by atoms with E-state index in [2.05, 4.69) is 5.32 Å². The monoisotopic (exact) mass is 157 g/mol. The van der Waals surface area contributed by atoms with Crippen molar-refractivity contribution in [2.45, 2.75) is 19.9 Å². The van der Waals surface area contributed by atoms with Crippen molar-refractivity contribution in [1.82, 2.24) is 5.32 Å². The van der Waals surface area contributed by atoms with Gasteiger partial charge in [-0.1, -0.05) is 6.92 Å². The maximum atomic E-state index is 10.9. The van der Waals surface area contributed by atoms with E-state index in [1.54, 1.807) is 13.8 Å². The Hall–Kier alpha value is -1.06. The first-order valence-electron chi connectivity index (χ1n) is 3.63. The van der Waals surface area contributed by atoms with Gasteiger partial charge in [-0.2, -0.15) is 0 Å². The third-order valence-electron chi connectivity index (χ3n) is 1.75. The number of hydrogen-bond acceptors (Lipinski definition) is 3. The average Bonchev–Trinajstić information content (AvgIpc) is 1.99. The van der Waals surface area contributed by atoms with Crippen LogP contribution < -0.4 is 5.32 Å². The van der Waals surface area contributed by atoms with Crippen LogP contribution in [0.4, 0.5) is 0 Å². The van der Waals surface area contributed by atoms with Crippen LogP contribution in [0.1, 0.15) is 13.8 Å². The van der Waals surface area contributed by atoms with Gasteiger partial charge in [0.2, 0.25) is 5.91 Å². The largest absolute Gasteiger partial charge is 0.464 e. The van der Waals surface area contributed by atoms with Gasteiger partial charge >= 0.3 is 5.97 Å². The molecule has 4 heteroatoms. The number of rotatable bonds is 2. The van der Waals surface area contributed by atoms with Crippen LogP contribution in [-0.4, -0.2) is 24.5 Å². The number of esters is 1. The van der Waals surface area contributed by atoms with E-state index in [9.17, 15) is 9.59 Å². The smallest absolute Gasteiger partial charge is 0.329 e. The molecule has 0 spiro atoms. The molecule has 0 saturated carbocycles. The van der Waals surface area contributed by atoms with E-state index in [4.69, 9.17) is 4.74 Å². The molecule has 0 aromatic rings. The number of ether oxygens (including phenoxy) is 1. The summed E-state index contributed by atoms with van der Waals surface area (Å²) >= 11 is 0. The van der Waals surface area contributed by atoms with Crippen LogP contribution in [0.2, 0.25) is 0 Å². The topological polar surface area (TPSA) is 55.4 Å². The van der Waals surface area contributed by atoms with Crippen LogP contribution in [0.5, 0.6) is 0 Å². The van der Waals surface area contributed by atoms with Crippen molar-refractivity contribution in [2.24, 2.45) is 5.92 Å². The highest BCUT2D eigenvalue weighted by atomic mass is 16.5. The van der Waals surface area contributed by atoms with Crippen LogP contribution in [0.15, 0.2) is 0 Å². The molecular formula is C7H11NO3. The lowest BCUT2D eigenvalue weighted by Gasteiger charge is -2.31. The minimum atomic E-state index is -0.414. The predicted molar refractivity (Wildman–Crippen MR) is 37.7 cm³/mol. The number of amides is 1. The molecule has 0 bridgehead atoms. The molecule has 1 aliphatic rings. The molecule has 0 radical (unpaired) electrons. The molecule has 11 heavy (non-hydrogen) atoms. The van der Waals surface area contributed by atoms with Crippen molar-refractivity contribution >= 4 is 11.9 Å². The Labute approximate surface area is 64.9 Å². The molecule has 1 rings (SSSR count). The fraction of sp³-hybridized carbons (Fsp3) is 0.714. The van der Waals surface area contributed by atoms with Gasteiger partial charge in [0.1, 0.15) is 6.04 Å². The van der Waals surface area contributed by atoms with Gasteiger partial charge in [0.05, 0.1) is 12.5 Å². The normalized spacial score (nSPS) is 28.7. The van der Waals surface area contributed by atoms with E-state index in [1.165, 1.54) is 0 Å². The number of carbonyl (C=O) groups excluding carboxylic acids is 2. The molecule has 0 aromatic heterocycles. The highest BCUT2D eigenvalue weighted by Gasteiger charge is 2.41. The van der Waals surface area contributed by atoms with Gasteiger partial charge in [-0.3, -0.25) is 4.79 Å². The third-order valence-corrected chi connectivity index (χ3v) is 1.75. The fourth-order valence-electron chi connectivity index (χ4n) is 0.960. The van der Waals surface area contributed by atoms with Crippen molar-refractivity contribution in [2.75, 3.05) is 6.61 Å². The number of carbonyl (C=O) groups is 2. The van der Waals surface area contributed by atoms with Crippen molar-refractivity contribution in [1.29, 1.82) is 0 Å². The first-order chi connectivity index (χ1) is 5.16. The summed E-state index contributed by atoms with van der Waals surface area (Å²) in [5.41, 5.74) is 0. The quantitative estimate of drug-likeness (QED) is 0.441. The zero-order chi connectivity index (χ0) is 8.43. The Bertz CT molecular complexity index is 190. The minimum absolute atomic E-state index is 0.0805. The fourth-order valence-corrected chi connectivity index (χ4v) is 0.960. The van der Waals surface area contributed by atoms with Crippen LogP contribution in [0.3, 0.4) is 0 Å². The molecular weight excluding hydrogens is 146 g/mol. The molecule has 62 valence electrons. The lowest BCUT2D eigenvalue weighted by molar-refractivity contribution is -0.156. The Morgan fingerprint density at radius 1 is 1.73 bits per heavy atom. The average molecular weight is 157 g/mol. The van der Waals surface area contributed by atoms with Crippen molar-refractivity contribution in [3.63, 3.8) is 0 Å². The number of β-lactam (4-membered cyclic amide) rings is 1. The van der Waals surface area contributed by atoms with E-state index >= 15 is 0 Å². The summed E-state index contributed by atoms with van der Waals surface area (Å²) in [5.74, 6) is -0.642. The van der Waals surface area contributed by atoms with Gasteiger partial charge in [-0.15, -0.1) is 0 Å². The summed E-state index contributed by atoms with van der Waals surface area (Å²) in [6.07, 6.45) is 0. The predicted octanol–water partition coefficient (Wildman–Crippen LogP) is -0.316. The molecule has 1 heterocycles. The molecule has 1 N–H and O–H groups in total. The molecule has 0 aliphatic carbocycles. The Balaban J connectivity index is 2.39. The van der Waals surface area contributed by atoms with Gasteiger partial charge < -0.3 is 10.1 Å². The summed E-state index contributed by atoms with van der Waals surface area (Å²) in [5, 5.41) is 2.46. The summed E-state index contributed by atoms with van der Waals surface area (Å²) in [4.78, 5) is 21.6. The van der Waals surface area contributed by atoms with Crippen LogP contribution in [-0.2, 0) is 14.3 Å². The van der Waals surface area contributed by atoms with Gasteiger partial charge in [0.15, 0.2) is 0 Å². The zero-order valence-corrected chi connectivity index (χ0v) is 6.59. The number of hydrogen-bond donors (Lipinski definition) is 1. The Kier molecular flexibility index (Phi) is 2.12. The standard InChI is InChI=1S/C7H11NO3/c1-3-11-7(10)5-4(2)6(9)8-5/h4-5H,3H2,1-2H3,(H,8,9). The Morgan fingerprint density at radius 3 is 2.73 bits per heavy atom. The SMILES string of the molecule is CCOC(=O)C1NC(=O)C1C. The summed E-state index contributed by atoms with van der Waals surface area (Å²) < 4.78 is 4.71. The van der Waals surface area contributed by atoms with Gasteiger partial charge in [-0.05, 0) is 6.92 Å². The van der Waals surface area contributed by atoms with Crippen LogP contribution in [0, 0.1) is 5.92 Å². The van der Waals surface area contributed by atoms with Crippen LogP contribution >= 0.6 is 0 Å². The van der Waals surface area contributed by atoms with Crippen molar-refractivity contribution in [3.05, 3.63) is 0 Å². The summed E-state index contributed by atoms with van der Waals surface area (Å²) in [6, 6.07) is -0.414. The lowest BCUT2D eigenvalue weighted by atomic mass is 9.93. The first-order valence-corrected chi connectivity index (χ1v) is 3.63.